The summed E-state index contributed by atoms with van der Waals surface area (Å²) in [7, 11) is 0. The Balaban J connectivity index is 1.93. The van der Waals surface area contributed by atoms with Crippen LogP contribution in [-0.2, 0) is 0 Å². The van der Waals surface area contributed by atoms with Crippen LogP contribution in [0.2, 0.25) is 0 Å². The fraction of sp³-hybridized carbons (Fsp3) is 0.118. The molecule has 0 aliphatic rings. The minimum Gasteiger partial charge on any atom is -0.322 e. The van der Waals surface area contributed by atoms with Crippen molar-refractivity contribution < 1.29 is 9.72 Å². The molecule has 0 atom stereocenters. The van der Waals surface area contributed by atoms with Crippen LogP contribution in [0.15, 0.2) is 49.1 Å². The summed E-state index contributed by atoms with van der Waals surface area (Å²) < 4.78 is 1.28. The van der Waals surface area contributed by atoms with E-state index in [9.17, 15) is 14.9 Å². The number of benzene rings is 2. The summed E-state index contributed by atoms with van der Waals surface area (Å²) in [5, 5.41) is 18.0. The Morgan fingerprint density at radius 3 is 2.48 bits per heavy atom. The molecule has 0 saturated carbocycles. The van der Waals surface area contributed by atoms with Crippen molar-refractivity contribution in [2.24, 2.45) is 0 Å². The summed E-state index contributed by atoms with van der Waals surface area (Å²) >= 11 is 0. The molecule has 8 heteroatoms. The maximum atomic E-state index is 12.4. The third kappa shape index (κ3) is 3.52. The summed E-state index contributed by atoms with van der Waals surface area (Å²) in [6, 6.07) is 9.89. The van der Waals surface area contributed by atoms with Crippen LogP contribution in [0.1, 0.15) is 21.5 Å². The van der Waals surface area contributed by atoms with Gasteiger partial charge in [0.05, 0.1) is 4.92 Å². The van der Waals surface area contributed by atoms with E-state index in [1.165, 1.54) is 35.5 Å². The minimum atomic E-state index is -0.551. The Morgan fingerprint density at radius 1 is 1.16 bits per heavy atom. The van der Waals surface area contributed by atoms with Crippen LogP contribution in [-0.4, -0.2) is 25.6 Å². The molecule has 25 heavy (non-hydrogen) atoms. The standard InChI is InChI=1S/C17H15N5O3/c1-11-5-12(2)7-14(6-11)20-17(23)13-3-4-15(16(8-13)22(24)25)21-10-18-9-19-21/h3-10H,1-2H3,(H,20,23). The minimum absolute atomic E-state index is 0.190. The number of aromatic nitrogens is 3. The number of hydrogen-bond donors (Lipinski definition) is 1. The molecule has 0 fully saturated rings. The van der Waals surface area contributed by atoms with Gasteiger partial charge in [-0.2, -0.15) is 5.10 Å². The van der Waals surface area contributed by atoms with Crippen LogP contribution in [0, 0.1) is 24.0 Å². The zero-order valence-electron chi connectivity index (χ0n) is 13.6. The second-order valence-corrected chi connectivity index (χ2v) is 5.63. The number of aryl methyl sites for hydroxylation is 2. The number of amides is 1. The van der Waals surface area contributed by atoms with Crippen molar-refractivity contribution >= 4 is 17.3 Å². The largest absolute Gasteiger partial charge is 0.322 e. The molecule has 0 spiro atoms. The molecule has 1 aromatic heterocycles. The van der Waals surface area contributed by atoms with Gasteiger partial charge in [0.15, 0.2) is 0 Å². The summed E-state index contributed by atoms with van der Waals surface area (Å²) in [5.41, 5.74) is 2.88. The quantitative estimate of drug-likeness (QED) is 0.582. The topological polar surface area (TPSA) is 103 Å². The molecular weight excluding hydrogens is 322 g/mol. The fourth-order valence-corrected chi connectivity index (χ4v) is 2.59. The summed E-state index contributed by atoms with van der Waals surface area (Å²) in [4.78, 5) is 27.0. The first-order valence-corrected chi connectivity index (χ1v) is 7.47. The number of hydrogen-bond acceptors (Lipinski definition) is 5. The van der Waals surface area contributed by atoms with Gasteiger partial charge in [-0.1, -0.05) is 6.07 Å². The first-order chi connectivity index (χ1) is 11.9. The number of carbonyl (C=O) groups excluding carboxylic acids is 1. The predicted molar refractivity (Wildman–Crippen MR) is 91.9 cm³/mol. The number of anilines is 1. The number of nitro benzene ring substituents is 1. The van der Waals surface area contributed by atoms with Crippen molar-refractivity contribution in [1.29, 1.82) is 0 Å². The van der Waals surface area contributed by atoms with Gasteiger partial charge in [0.2, 0.25) is 0 Å². The molecule has 1 N–H and O–H groups in total. The second kappa shape index (κ2) is 6.52. The van der Waals surface area contributed by atoms with Crippen LogP contribution in [0.25, 0.3) is 5.69 Å². The third-order valence-corrected chi connectivity index (χ3v) is 3.58. The van der Waals surface area contributed by atoms with Crippen molar-refractivity contribution in [3.63, 3.8) is 0 Å². The van der Waals surface area contributed by atoms with Gasteiger partial charge in [-0.3, -0.25) is 14.9 Å². The Bertz CT molecular complexity index is 931. The maximum Gasteiger partial charge on any atom is 0.295 e. The highest BCUT2D eigenvalue weighted by atomic mass is 16.6. The smallest absolute Gasteiger partial charge is 0.295 e. The van der Waals surface area contributed by atoms with E-state index in [1.807, 2.05) is 32.0 Å². The Morgan fingerprint density at radius 2 is 1.88 bits per heavy atom. The highest BCUT2D eigenvalue weighted by Crippen LogP contribution is 2.24. The van der Waals surface area contributed by atoms with Gasteiger partial charge in [0.1, 0.15) is 18.3 Å². The van der Waals surface area contributed by atoms with E-state index >= 15 is 0 Å². The Labute approximate surface area is 143 Å². The van der Waals surface area contributed by atoms with Gasteiger partial charge in [-0.25, -0.2) is 9.67 Å². The monoisotopic (exact) mass is 337 g/mol. The van der Waals surface area contributed by atoms with Crippen LogP contribution >= 0.6 is 0 Å². The molecule has 3 aromatic rings. The first kappa shape index (κ1) is 16.3. The van der Waals surface area contributed by atoms with Crippen molar-refractivity contribution in [3.8, 4) is 5.69 Å². The van der Waals surface area contributed by atoms with Crippen molar-refractivity contribution in [2.45, 2.75) is 13.8 Å². The zero-order chi connectivity index (χ0) is 18.0. The molecule has 0 aliphatic carbocycles. The number of nitrogens with zero attached hydrogens (tertiary/aromatic N) is 4. The van der Waals surface area contributed by atoms with Crippen molar-refractivity contribution in [3.05, 3.63) is 75.9 Å². The Kier molecular flexibility index (Phi) is 4.25. The van der Waals surface area contributed by atoms with E-state index in [0.717, 1.165) is 11.1 Å². The van der Waals surface area contributed by atoms with Gasteiger partial charge >= 0.3 is 0 Å². The molecule has 0 unspecified atom stereocenters. The molecule has 8 nitrogen and oxygen atoms in total. The van der Waals surface area contributed by atoms with Gasteiger partial charge in [-0.15, -0.1) is 0 Å². The lowest BCUT2D eigenvalue weighted by molar-refractivity contribution is -0.384. The molecular formula is C17H15N5O3. The highest BCUT2D eigenvalue weighted by molar-refractivity contribution is 6.05. The van der Waals surface area contributed by atoms with Gasteiger partial charge in [0, 0.05) is 17.3 Å². The summed E-state index contributed by atoms with van der Waals surface area (Å²) in [6.07, 6.45) is 2.64. The number of nitrogens with one attached hydrogen (secondary N) is 1. The molecule has 1 amide bonds. The molecule has 3 rings (SSSR count). The first-order valence-electron chi connectivity index (χ1n) is 7.47. The van der Waals surface area contributed by atoms with Gasteiger partial charge < -0.3 is 5.32 Å². The third-order valence-electron chi connectivity index (χ3n) is 3.58. The molecule has 0 saturated heterocycles. The summed E-state index contributed by atoms with van der Waals surface area (Å²) in [6.45, 7) is 3.86. The van der Waals surface area contributed by atoms with E-state index in [1.54, 1.807) is 0 Å². The average molecular weight is 337 g/mol. The zero-order valence-corrected chi connectivity index (χ0v) is 13.6. The van der Waals surface area contributed by atoms with E-state index in [0.29, 0.717) is 5.69 Å². The molecule has 0 radical (unpaired) electrons. The van der Waals surface area contributed by atoms with Gasteiger partial charge in [0.25, 0.3) is 11.6 Å². The van der Waals surface area contributed by atoms with Crippen LogP contribution in [0.5, 0.6) is 0 Å². The average Bonchev–Trinajstić information content (AvgIpc) is 3.07. The molecule has 0 bridgehead atoms. The number of nitro groups is 1. The van der Waals surface area contributed by atoms with Crippen molar-refractivity contribution in [2.75, 3.05) is 5.32 Å². The fourth-order valence-electron chi connectivity index (χ4n) is 2.59. The lowest BCUT2D eigenvalue weighted by Gasteiger charge is -2.09. The molecule has 126 valence electrons. The SMILES string of the molecule is Cc1cc(C)cc(NC(=O)c2ccc(-n3cncn3)c([N+](=O)[O-])c2)c1. The van der Waals surface area contributed by atoms with E-state index in [2.05, 4.69) is 15.4 Å². The lowest BCUT2D eigenvalue weighted by atomic mass is 10.1. The normalized spacial score (nSPS) is 10.5. The van der Waals surface area contributed by atoms with E-state index in [-0.39, 0.29) is 16.9 Å². The second-order valence-electron chi connectivity index (χ2n) is 5.63. The van der Waals surface area contributed by atoms with Gasteiger partial charge in [-0.05, 0) is 49.2 Å². The predicted octanol–water partition coefficient (Wildman–Crippen LogP) is 3.04. The van der Waals surface area contributed by atoms with Crippen LogP contribution < -0.4 is 5.32 Å². The number of rotatable bonds is 4. The number of carbonyl (C=O) groups is 1. The molecule has 0 aliphatic heterocycles. The molecule has 2 aromatic carbocycles. The van der Waals surface area contributed by atoms with E-state index in [4.69, 9.17) is 0 Å². The molecule has 1 heterocycles. The maximum absolute atomic E-state index is 12.4. The van der Waals surface area contributed by atoms with Crippen LogP contribution in [0.4, 0.5) is 11.4 Å². The lowest BCUT2D eigenvalue weighted by Crippen LogP contribution is -2.13. The highest BCUT2D eigenvalue weighted by Gasteiger charge is 2.19. The van der Waals surface area contributed by atoms with Crippen LogP contribution in [0.3, 0.4) is 0 Å². The van der Waals surface area contributed by atoms with E-state index < -0.39 is 10.8 Å². The van der Waals surface area contributed by atoms with Crippen molar-refractivity contribution in [1.82, 2.24) is 14.8 Å². The summed E-state index contributed by atoms with van der Waals surface area (Å²) in [5.74, 6) is -0.418. The Hall–Kier alpha value is -3.55.